The van der Waals surface area contributed by atoms with Gasteiger partial charge in [0.25, 0.3) is 0 Å². The molecule has 2 aromatic heterocycles. The number of nitrogens with zero attached hydrogens (tertiary/aromatic N) is 3. The van der Waals surface area contributed by atoms with E-state index < -0.39 is 0 Å². The number of hydrogen-bond donors (Lipinski definition) is 3. The number of phenolic OH excluding ortho intramolecular Hbond substituents is 1. The van der Waals surface area contributed by atoms with E-state index >= 15 is 0 Å². The van der Waals surface area contributed by atoms with Gasteiger partial charge in [-0.25, -0.2) is 9.97 Å². The van der Waals surface area contributed by atoms with Gasteiger partial charge in [-0.1, -0.05) is 0 Å². The Bertz CT molecular complexity index is 835. The number of hydrogen-bond acceptors (Lipinski definition) is 5. The zero-order valence-electron chi connectivity index (χ0n) is 11.8. The Balaban J connectivity index is 1.92. The summed E-state index contributed by atoms with van der Waals surface area (Å²) in [5.41, 5.74) is 8.45. The van der Waals surface area contributed by atoms with Gasteiger partial charge < -0.3 is 15.9 Å². The highest BCUT2D eigenvalue weighted by Gasteiger charge is 2.33. The van der Waals surface area contributed by atoms with E-state index in [4.69, 9.17) is 10.7 Å². The molecule has 0 unspecified atom stereocenters. The number of imidazole rings is 1. The topological polar surface area (TPSA) is 96.7 Å². The van der Waals surface area contributed by atoms with E-state index in [-0.39, 0.29) is 17.8 Å². The molecule has 3 aromatic rings. The molecule has 4 rings (SSSR count). The third-order valence-corrected chi connectivity index (χ3v) is 4.23. The van der Waals surface area contributed by atoms with Crippen LogP contribution in [0.4, 0.5) is 5.82 Å². The predicted octanol–water partition coefficient (Wildman–Crippen LogP) is 1.92. The van der Waals surface area contributed by atoms with Crippen LogP contribution >= 0.6 is 0 Å². The number of anilines is 1. The van der Waals surface area contributed by atoms with Gasteiger partial charge in [0.05, 0.1) is 6.10 Å². The van der Waals surface area contributed by atoms with Crippen LogP contribution in [0.15, 0.2) is 36.7 Å². The Morgan fingerprint density at radius 1 is 1.18 bits per heavy atom. The zero-order chi connectivity index (χ0) is 15.3. The number of fused-ring (bicyclic) bond motifs is 1. The lowest BCUT2D eigenvalue weighted by Crippen LogP contribution is -2.27. The summed E-state index contributed by atoms with van der Waals surface area (Å²) in [7, 11) is 0. The number of aliphatic hydroxyl groups is 1. The van der Waals surface area contributed by atoms with E-state index in [1.807, 2.05) is 22.7 Å². The fourth-order valence-electron chi connectivity index (χ4n) is 2.99. The molecule has 6 nitrogen and oxygen atoms in total. The number of nitrogens with two attached hydrogens (primary N) is 1. The highest BCUT2D eigenvalue weighted by molar-refractivity contribution is 5.85. The normalized spacial score (nSPS) is 21.0. The van der Waals surface area contributed by atoms with Crippen molar-refractivity contribution in [1.82, 2.24) is 14.4 Å². The Morgan fingerprint density at radius 2 is 1.91 bits per heavy atom. The lowest BCUT2D eigenvalue weighted by Gasteiger charge is -2.30. The molecule has 0 atom stereocenters. The maximum absolute atomic E-state index is 9.56. The summed E-state index contributed by atoms with van der Waals surface area (Å²) in [6.07, 6.45) is 4.70. The molecule has 1 aliphatic carbocycles. The highest BCUT2D eigenvalue weighted by atomic mass is 16.3. The lowest BCUT2D eigenvalue weighted by atomic mass is 9.82. The number of benzene rings is 1. The van der Waals surface area contributed by atoms with Crippen molar-refractivity contribution in [3.63, 3.8) is 0 Å². The van der Waals surface area contributed by atoms with Crippen molar-refractivity contribution in [2.24, 2.45) is 0 Å². The van der Waals surface area contributed by atoms with Crippen LogP contribution in [-0.4, -0.2) is 30.7 Å². The number of aromatic hydroxyl groups is 1. The van der Waals surface area contributed by atoms with Gasteiger partial charge in [-0.2, -0.15) is 0 Å². The predicted molar refractivity (Wildman–Crippen MR) is 82.5 cm³/mol. The van der Waals surface area contributed by atoms with Crippen LogP contribution in [-0.2, 0) is 0 Å². The van der Waals surface area contributed by atoms with Crippen molar-refractivity contribution >= 4 is 11.3 Å². The Morgan fingerprint density at radius 3 is 2.59 bits per heavy atom. The van der Waals surface area contributed by atoms with Crippen molar-refractivity contribution in [3.8, 4) is 17.0 Å². The molecule has 0 amide bonds. The average molecular weight is 296 g/mol. The Labute approximate surface area is 126 Å². The minimum atomic E-state index is -0.242. The molecule has 0 radical (unpaired) electrons. The van der Waals surface area contributed by atoms with Gasteiger partial charge in [-0.3, -0.25) is 4.40 Å². The van der Waals surface area contributed by atoms with Gasteiger partial charge in [0.2, 0.25) is 0 Å². The SMILES string of the molecule is Nc1nccn2c(C3CC(O)C3)nc(-c3ccc(O)cc3)c12. The van der Waals surface area contributed by atoms with Crippen LogP contribution in [0, 0.1) is 0 Å². The minimum Gasteiger partial charge on any atom is -0.508 e. The van der Waals surface area contributed by atoms with Crippen molar-refractivity contribution in [2.45, 2.75) is 24.9 Å². The standard InChI is InChI=1S/C16H16N4O2/c17-15-14-13(9-1-3-11(21)4-2-9)19-16(10-7-12(22)8-10)20(14)6-5-18-15/h1-6,10,12,21-22H,7-8H2,(H2,17,18). The van der Waals surface area contributed by atoms with Gasteiger partial charge in [-0.05, 0) is 37.1 Å². The van der Waals surface area contributed by atoms with Crippen molar-refractivity contribution < 1.29 is 10.2 Å². The molecule has 1 saturated carbocycles. The summed E-state index contributed by atoms with van der Waals surface area (Å²) in [5.74, 6) is 1.76. The molecule has 0 aliphatic heterocycles. The Hall–Kier alpha value is -2.60. The van der Waals surface area contributed by atoms with Crippen LogP contribution in [0.2, 0.25) is 0 Å². The van der Waals surface area contributed by atoms with Gasteiger partial charge in [-0.15, -0.1) is 0 Å². The molecule has 1 aromatic carbocycles. The van der Waals surface area contributed by atoms with E-state index in [0.717, 1.165) is 35.4 Å². The fraction of sp³-hybridized carbons (Fsp3) is 0.250. The molecule has 0 bridgehead atoms. The second kappa shape index (κ2) is 4.71. The monoisotopic (exact) mass is 296 g/mol. The summed E-state index contributed by atoms with van der Waals surface area (Å²) < 4.78 is 1.96. The molecular weight excluding hydrogens is 280 g/mol. The maximum atomic E-state index is 9.56. The van der Waals surface area contributed by atoms with Crippen LogP contribution in [0.3, 0.4) is 0 Å². The lowest BCUT2D eigenvalue weighted by molar-refractivity contribution is 0.0715. The third kappa shape index (κ3) is 1.92. The van der Waals surface area contributed by atoms with Crippen molar-refractivity contribution in [3.05, 3.63) is 42.5 Å². The molecule has 112 valence electrons. The summed E-state index contributed by atoms with van der Waals surface area (Å²) in [6.45, 7) is 0. The quantitative estimate of drug-likeness (QED) is 0.671. The van der Waals surface area contributed by atoms with Crippen molar-refractivity contribution in [1.29, 1.82) is 0 Å². The second-order valence-electron chi connectivity index (χ2n) is 5.72. The van der Waals surface area contributed by atoms with Gasteiger partial charge >= 0.3 is 0 Å². The van der Waals surface area contributed by atoms with Crippen LogP contribution in [0.1, 0.15) is 24.6 Å². The number of aromatic nitrogens is 3. The third-order valence-electron chi connectivity index (χ3n) is 4.23. The van der Waals surface area contributed by atoms with E-state index in [0.29, 0.717) is 5.82 Å². The molecule has 1 aliphatic rings. The van der Waals surface area contributed by atoms with E-state index in [2.05, 4.69) is 4.98 Å². The summed E-state index contributed by atoms with van der Waals surface area (Å²) in [4.78, 5) is 8.92. The van der Waals surface area contributed by atoms with E-state index in [1.165, 1.54) is 0 Å². The number of rotatable bonds is 2. The maximum Gasteiger partial charge on any atom is 0.150 e. The Kier molecular flexibility index (Phi) is 2.80. The first-order valence-electron chi connectivity index (χ1n) is 7.23. The first kappa shape index (κ1) is 13.1. The van der Waals surface area contributed by atoms with E-state index in [1.54, 1.807) is 18.3 Å². The molecule has 0 saturated heterocycles. The molecule has 22 heavy (non-hydrogen) atoms. The second-order valence-corrected chi connectivity index (χ2v) is 5.72. The zero-order valence-corrected chi connectivity index (χ0v) is 11.8. The minimum absolute atomic E-state index is 0.209. The van der Waals surface area contributed by atoms with Crippen LogP contribution < -0.4 is 5.73 Å². The number of phenols is 1. The summed E-state index contributed by atoms with van der Waals surface area (Å²) in [5, 5.41) is 19.0. The smallest absolute Gasteiger partial charge is 0.150 e. The average Bonchev–Trinajstić information content (AvgIpc) is 2.85. The molecule has 4 N–H and O–H groups in total. The summed E-state index contributed by atoms with van der Waals surface area (Å²) >= 11 is 0. The van der Waals surface area contributed by atoms with Gasteiger partial charge in [0, 0.05) is 23.9 Å². The summed E-state index contributed by atoms with van der Waals surface area (Å²) in [6, 6.07) is 6.87. The molecule has 6 heteroatoms. The molecule has 0 spiro atoms. The first-order chi connectivity index (χ1) is 10.6. The highest BCUT2D eigenvalue weighted by Crippen LogP contribution is 2.39. The molecule has 1 fully saturated rings. The van der Waals surface area contributed by atoms with Crippen molar-refractivity contribution in [2.75, 3.05) is 5.73 Å². The van der Waals surface area contributed by atoms with Gasteiger partial charge in [0.1, 0.15) is 28.6 Å². The first-order valence-corrected chi connectivity index (χ1v) is 7.23. The van der Waals surface area contributed by atoms with Crippen LogP contribution in [0.25, 0.3) is 16.8 Å². The fourth-order valence-corrected chi connectivity index (χ4v) is 2.99. The van der Waals surface area contributed by atoms with Crippen LogP contribution in [0.5, 0.6) is 5.75 Å². The molecule has 2 heterocycles. The molecular formula is C16H16N4O2. The number of aliphatic hydroxyl groups excluding tert-OH is 1. The van der Waals surface area contributed by atoms with E-state index in [9.17, 15) is 10.2 Å². The number of nitrogen functional groups attached to an aromatic ring is 1. The van der Waals surface area contributed by atoms with Gasteiger partial charge in [0.15, 0.2) is 0 Å². The largest absolute Gasteiger partial charge is 0.508 e.